The standard InChI is InChI=1S/C12H19N3O/c1-2-11-12(9-16)15(14-13-11)10-7-5-3-4-6-8-10/h9-10H,2-8H2,1H3. The monoisotopic (exact) mass is 221 g/mol. The van der Waals surface area contributed by atoms with Crippen LogP contribution in [0.3, 0.4) is 0 Å². The summed E-state index contributed by atoms with van der Waals surface area (Å²) in [7, 11) is 0. The normalized spacial score (nSPS) is 18.3. The Labute approximate surface area is 96.0 Å². The molecule has 88 valence electrons. The maximum Gasteiger partial charge on any atom is 0.170 e. The van der Waals surface area contributed by atoms with E-state index in [1.165, 1.54) is 25.7 Å². The van der Waals surface area contributed by atoms with Gasteiger partial charge in [0.25, 0.3) is 0 Å². The van der Waals surface area contributed by atoms with Gasteiger partial charge in [-0.05, 0) is 19.3 Å². The number of carbonyl (C=O) groups is 1. The number of aldehydes is 1. The molecule has 0 amide bonds. The Morgan fingerprint density at radius 1 is 1.31 bits per heavy atom. The molecule has 0 atom stereocenters. The van der Waals surface area contributed by atoms with E-state index in [0.29, 0.717) is 11.7 Å². The van der Waals surface area contributed by atoms with Crippen LogP contribution in [0.1, 0.15) is 67.7 Å². The van der Waals surface area contributed by atoms with Gasteiger partial charge in [-0.1, -0.05) is 37.8 Å². The first-order valence-corrected chi connectivity index (χ1v) is 6.26. The van der Waals surface area contributed by atoms with Crippen LogP contribution < -0.4 is 0 Å². The molecule has 0 unspecified atom stereocenters. The summed E-state index contributed by atoms with van der Waals surface area (Å²) in [5, 5.41) is 8.25. The highest BCUT2D eigenvalue weighted by molar-refractivity contribution is 5.73. The predicted molar refractivity (Wildman–Crippen MR) is 61.5 cm³/mol. The quantitative estimate of drug-likeness (QED) is 0.582. The number of nitrogens with zero attached hydrogens (tertiary/aromatic N) is 3. The van der Waals surface area contributed by atoms with Gasteiger partial charge in [0.05, 0.1) is 11.7 Å². The second-order valence-electron chi connectivity index (χ2n) is 4.48. The van der Waals surface area contributed by atoms with Crippen molar-refractivity contribution in [2.75, 3.05) is 0 Å². The van der Waals surface area contributed by atoms with E-state index in [9.17, 15) is 4.79 Å². The number of hydrogen-bond acceptors (Lipinski definition) is 3. The first-order chi connectivity index (χ1) is 7.86. The Hall–Kier alpha value is -1.19. The molecule has 0 saturated heterocycles. The highest BCUT2D eigenvalue weighted by atomic mass is 16.1. The van der Waals surface area contributed by atoms with Crippen LogP contribution in [0, 0.1) is 0 Å². The third kappa shape index (κ3) is 2.15. The van der Waals surface area contributed by atoms with E-state index in [4.69, 9.17) is 0 Å². The van der Waals surface area contributed by atoms with Gasteiger partial charge < -0.3 is 0 Å². The summed E-state index contributed by atoms with van der Waals surface area (Å²) in [5.74, 6) is 0. The maximum absolute atomic E-state index is 11.1. The first-order valence-electron chi connectivity index (χ1n) is 6.26. The van der Waals surface area contributed by atoms with E-state index in [0.717, 1.165) is 31.2 Å². The zero-order valence-electron chi connectivity index (χ0n) is 9.85. The SMILES string of the molecule is CCc1nnn(C2CCCCCC2)c1C=O. The van der Waals surface area contributed by atoms with Crippen molar-refractivity contribution in [3.63, 3.8) is 0 Å². The molecule has 1 fully saturated rings. The van der Waals surface area contributed by atoms with Crippen LogP contribution in [-0.2, 0) is 6.42 Å². The van der Waals surface area contributed by atoms with Gasteiger partial charge in [-0.2, -0.15) is 0 Å². The lowest BCUT2D eigenvalue weighted by Crippen LogP contribution is -2.13. The molecule has 16 heavy (non-hydrogen) atoms. The molecule has 0 aromatic carbocycles. The van der Waals surface area contributed by atoms with E-state index in [2.05, 4.69) is 10.3 Å². The Bertz CT molecular complexity index is 351. The summed E-state index contributed by atoms with van der Waals surface area (Å²) < 4.78 is 1.86. The Morgan fingerprint density at radius 2 is 2.00 bits per heavy atom. The molecule has 1 aliphatic carbocycles. The van der Waals surface area contributed by atoms with Gasteiger partial charge in [0, 0.05) is 0 Å². The lowest BCUT2D eigenvalue weighted by atomic mass is 10.1. The van der Waals surface area contributed by atoms with E-state index >= 15 is 0 Å². The van der Waals surface area contributed by atoms with Crippen LogP contribution in [0.5, 0.6) is 0 Å². The smallest absolute Gasteiger partial charge is 0.170 e. The second-order valence-corrected chi connectivity index (χ2v) is 4.48. The van der Waals surface area contributed by atoms with Crippen LogP contribution in [0.2, 0.25) is 0 Å². The Balaban J connectivity index is 2.24. The molecule has 0 radical (unpaired) electrons. The van der Waals surface area contributed by atoms with Crippen LogP contribution >= 0.6 is 0 Å². The van der Waals surface area contributed by atoms with Gasteiger partial charge in [0.2, 0.25) is 0 Å². The predicted octanol–water partition coefficient (Wildman–Crippen LogP) is 2.55. The number of aromatic nitrogens is 3. The van der Waals surface area contributed by atoms with Gasteiger partial charge in [0.15, 0.2) is 6.29 Å². The minimum absolute atomic E-state index is 0.385. The summed E-state index contributed by atoms with van der Waals surface area (Å²) in [6.45, 7) is 2.01. The summed E-state index contributed by atoms with van der Waals surface area (Å²) in [4.78, 5) is 11.1. The fourth-order valence-corrected chi connectivity index (χ4v) is 2.48. The first kappa shape index (κ1) is 11.3. The highest BCUT2D eigenvalue weighted by Crippen LogP contribution is 2.27. The van der Waals surface area contributed by atoms with Crippen molar-refractivity contribution < 1.29 is 4.79 Å². The van der Waals surface area contributed by atoms with Gasteiger partial charge in [0.1, 0.15) is 5.69 Å². The fourth-order valence-electron chi connectivity index (χ4n) is 2.48. The van der Waals surface area contributed by atoms with E-state index in [1.807, 2.05) is 11.6 Å². The third-order valence-corrected chi connectivity index (χ3v) is 3.42. The van der Waals surface area contributed by atoms with E-state index in [1.54, 1.807) is 0 Å². The summed E-state index contributed by atoms with van der Waals surface area (Å²) in [6.07, 6.45) is 9.05. The summed E-state index contributed by atoms with van der Waals surface area (Å²) in [6, 6.07) is 0.385. The molecule has 1 aromatic heterocycles. The average molecular weight is 221 g/mol. The lowest BCUT2D eigenvalue weighted by Gasteiger charge is -2.15. The van der Waals surface area contributed by atoms with Crippen LogP contribution in [0.4, 0.5) is 0 Å². The third-order valence-electron chi connectivity index (χ3n) is 3.42. The zero-order chi connectivity index (χ0) is 11.4. The zero-order valence-corrected chi connectivity index (χ0v) is 9.85. The molecule has 1 saturated carbocycles. The Morgan fingerprint density at radius 3 is 2.56 bits per heavy atom. The van der Waals surface area contributed by atoms with Crippen LogP contribution in [0.25, 0.3) is 0 Å². The van der Waals surface area contributed by atoms with E-state index < -0.39 is 0 Å². The second kappa shape index (κ2) is 5.23. The van der Waals surface area contributed by atoms with E-state index in [-0.39, 0.29) is 0 Å². The number of hydrogen-bond donors (Lipinski definition) is 0. The fraction of sp³-hybridized carbons (Fsp3) is 0.750. The van der Waals surface area contributed by atoms with Crippen molar-refractivity contribution in [1.82, 2.24) is 15.0 Å². The van der Waals surface area contributed by atoms with Crippen molar-refractivity contribution in [2.45, 2.75) is 57.9 Å². The Kier molecular flexibility index (Phi) is 3.70. The van der Waals surface area contributed by atoms with Gasteiger partial charge in [-0.3, -0.25) is 4.79 Å². The summed E-state index contributed by atoms with van der Waals surface area (Å²) in [5.41, 5.74) is 1.52. The van der Waals surface area contributed by atoms with Gasteiger partial charge >= 0.3 is 0 Å². The molecule has 0 N–H and O–H groups in total. The van der Waals surface area contributed by atoms with Crippen molar-refractivity contribution in [2.24, 2.45) is 0 Å². The molecule has 2 rings (SSSR count). The van der Waals surface area contributed by atoms with Crippen molar-refractivity contribution >= 4 is 6.29 Å². The van der Waals surface area contributed by atoms with Gasteiger partial charge in [-0.25, -0.2) is 4.68 Å². The summed E-state index contributed by atoms with van der Waals surface area (Å²) >= 11 is 0. The minimum atomic E-state index is 0.385. The number of rotatable bonds is 3. The molecule has 0 bridgehead atoms. The number of aryl methyl sites for hydroxylation is 1. The molecule has 4 nitrogen and oxygen atoms in total. The molecule has 1 aliphatic rings. The van der Waals surface area contributed by atoms with Crippen LogP contribution in [-0.4, -0.2) is 21.3 Å². The van der Waals surface area contributed by atoms with Gasteiger partial charge in [-0.15, -0.1) is 5.10 Å². The molecule has 4 heteroatoms. The molecular weight excluding hydrogens is 202 g/mol. The average Bonchev–Trinajstić information content (AvgIpc) is 2.54. The minimum Gasteiger partial charge on any atom is -0.296 e. The maximum atomic E-state index is 11.1. The molecular formula is C12H19N3O. The molecule has 0 spiro atoms. The highest BCUT2D eigenvalue weighted by Gasteiger charge is 2.20. The largest absolute Gasteiger partial charge is 0.296 e. The number of carbonyl (C=O) groups excluding carboxylic acids is 1. The topological polar surface area (TPSA) is 47.8 Å². The van der Waals surface area contributed by atoms with Crippen LogP contribution in [0.15, 0.2) is 0 Å². The van der Waals surface area contributed by atoms with Crippen molar-refractivity contribution in [3.05, 3.63) is 11.4 Å². The molecule has 0 aliphatic heterocycles. The lowest BCUT2D eigenvalue weighted by molar-refractivity contribution is 0.111. The van der Waals surface area contributed by atoms with Crippen molar-refractivity contribution in [1.29, 1.82) is 0 Å². The molecule has 1 aromatic rings. The molecule has 1 heterocycles. The van der Waals surface area contributed by atoms with Crippen molar-refractivity contribution in [3.8, 4) is 0 Å².